The molecule has 7 nitrogen and oxygen atoms in total. The van der Waals surface area contributed by atoms with E-state index in [1.54, 1.807) is 18.7 Å². The van der Waals surface area contributed by atoms with Crippen molar-refractivity contribution in [1.82, 2.24) is 4.90 Å². The van der Waals surface area contributed by atoms with Crippen molar-refractivity contribution >= 4 is 18.0 Å². The first-order valence-electron chi connectivity index (χ1n) is 9.11. The molecule has 0 bridgehead atoms. The summed E-state index contributed by atoms with van der Waals surface area (Å²) in [5.41, 5.74) is -0.889. The van der Waals surface area contributed by atoms with Gasteiger partial charge in [0, 0.05) is 20.0 Å². The maximum absolute atomic E-state index is 12.6. The Bertz CT molecular complexity index is 721. The van der Waals surface area contributed by atoms with Crippen LogP contribution in [0.4, 0.5) is 4.79 Å². The topological polar surface area (TPSA) is 82.1 Å². The summed E-state index contributed by atoms with van der Waals surface area (Å²) in [4.78, 5) is 38.1. The van der Waals surface area contributed by atoms with Crippen molar-refractivity contribution < 1.29 is 28.6 Å². The van der Waals surface area contributed by atoms with Crippen molar-refractivity contribution in [3.05, 3.63) is 35.9 Å². The molecule has 0 radical (unpaired) electrons. The minimum Gasteiger partial charge on any atom is -0.457 e. The number of ether oxygens (including phenoxy) is 3. The maximum Gasteiger partial charge on any atom is 0.410 e. The number of hydrogen-bond acceptors (Lipinski definition) is 6. The molecule has 2 aliphatic heterocycles. The van der Waals surface area contributed by atoms with Crippen LogP contribution in [-0.4, -0.2) is 47.7 Å². The van der Waals surface area contributed by atoms with E-state index in [1.165, 1.54) is 6.92 Å². The maximum atomic E-state index is 12.6. The van der Waals surface area contributed by atoms with E-state index in [4.69, 9.17) is 14.2 Å². The van der Waals surface area contributed by atoms with Crippen LogP contribution < -0.4 is 0 Å². The van der Waals surface area contributed by atoms with Gasteiger partial charge in [-0.25, -0.2) is 4.79 Å². The first-order valence-corrected chi connectivity index (χ1v) is 9.11. The van der Waals surface area contributed by atoms with E-state index >= 15 is 0 Å². The average molecular weight is 375 g/mol. The lowest BCUT2D eigenvalue weighted by Crippen LogP contribution is -2.53. The van der Waals surface area contributed by atoms with E-state index in [0.29, 0.717) is 25.9 Å². The summed E-state index contributed by atoms with van der Waals surface area (Å²) in [6.07, 6.45) is -0.345. The van der Waals surface area contributed by atoms with E-state index in [1.807, 2.05) is 30.3 Å². The van der Waals surface area contributed by atoms with Crippen LogP contribution in [0.3, 0.4) is 0 Å². The Labute approximate surface area is 158 Å². The number of hydrogen-bond donors (Lipinski definition) is 0. The predicted molar refractivity (Wildman–Crippen MR) is 95.6 cm³/mol. The van der Waals surface area contributed by atoms with Crippen molar-refractivity contribution in [2.75, 3.05) is 13.1 Å². The molecule has 0 N–H and O–H groups in total. The zero-order chi connectivity index (χ0) is 19.7. The minimum absolute atomic E-state index is 0.201. The van der Waals surface area contributed by atoms with Crippen LogP contribution in [-0.2, 0) is 30.4 Å². The zero-order valence-corrected chi connectivity index (χ0v) is 15.9. The molecule has 1 aromatic rings. The molecule has 0 aliphatic carbocycles. The Morgan fingerprint density at radius 2 is 1.81 bits per heavy atom. The Morgan fingerprint density at radius 1 is 1.19 bits per heavy atom. The number of cyclic esters (lactones) is 1. The third kappa shape index (κ3) is 3.77. The predicted octanol–water partition coefficient (Wildman–Crippen LogP) is 2.67. The van der Waals surface area contributed by atoms with Crippen LogP contribution in [0.1, 0.15) is 39.2 Å². The Hall–Kier alpha value is -2.57. The average Bonchev–Trinajstić information content (AvgIpc) is 2.81. The van der Waals surface area contributed by atoms with Gasteiger partial charge in [-0.05, 0) is 32.3 Å². The SMILES string of the molecule is CC(=O)OC1C(C)(C)OC(=O)C12CCN(C(=O)OCc1ccccc1)CC2. The lowest BCUT2D eigenvalue weighted by atomic mass is 9.71. The van der Waals surface area contributed by atoms with Gasteiger partial charge in [-0.3, -0.25) is 9.59 Å². The Morgan fingerprint density at radius 3 is 2.41 bits per heavy atom. The van der Waals surface area contributed by atoms with Crippen molar-refractivity contribution in [2.24, 2.45) is 5.41 Å². The number of amides is 1. The highest BCUT2D eigenvalue weighted by atomic mass is 16.6. The number of esters is 2. The highest BCUT2D eigenvalue weighted by Crippen LogP contribution is 2.49. The Balaban J connectivity index is 1.63. The number of nitrogens with zero attached hydrogens (tertiary/aromatic N) is 1. The van der Waals surface area contributed by atoms with Gasteiger partial charge >= 0.3 is 18.0 Å². The van der Waals surface area contributed by atoms with Gasteiger partial charge in [-0.2, -0.15) is 0 Å². The third-order valence-corrected chi connectivity index (χ3v) is 5.30. The molecule has 3 rings (SSSR count). The van der Waals surface area contributed by atoms with Gasteiger partial charge in [0.2, 0.25) is 0 Å². The van der Waals surface area contributed by atoms with Crippen LogP contribution >= 0.6 is 0 Å². The van der Waals surface area contributed by atoms with Gasteiger partial charge in [-0.1, -0.05) is 30.3 Å². The van der Waals surface area contributed by atoms with Gasteiger partial charge in [0.05, 0.1) is 0 Å². The summed E-state index contributed by atoms with van der Waals surface area (Å²) in [5, 5.41) is 0. The monoisotopic (exact) mass is 375 g/mol. The molecule has 2 heterocycles. The van der Waals surface area contributed by atoms with Crippen LogP contribution in [0.2, 0.25) is 0 Å². The second-order valence-corrected chi connectivity index (χ2v) is 7.67. The molecule has 2 saturated heterocycles. The summed E-state index contributed by atoms with van der Waals surface area (Å²) in [6, 6.07) is 9.45. The number of benzene rings is 1. The number of rotatable bonds is 3. The van der Waals surface area contributed by atoms with Gasteiger partial charge < -0.3 is 19.1 Å². The number of likely N-dealkylation sites (tertiary alicyclic amines) is 1. The molecule has 2 fully saturated rings. The van der Waals surface area contributed by atoms with E-state index < -0.39 is 29.2 Å². The number of carbonyl (C=O) groups is 3. The van der Waals surface area contributed by atoms with Crippen LogP contribution in [0, 0.1) is 5.41 Å². The second kappa shape index (κ2) is 7.21. The molecular formula is C20H25NO6. The van der Waals surface area contributed by atoms with Crippen LogP contribution in [0.5, 0.6) is 0 Å². The van der Waals surface area contributed by atoms with E-state index in [2.05, 4.69) is 0 Å². The standard InChI is InChI=1S/C20H25NO6/c1-14(22)26-16-19(2,3)27-17(23)20(16)9-11-21(12-10-20)18(24)25-13-15-7-5-4-6-8-15/h4-8,16H,9-13H2,1-3H3. The number of piperidine rings is 1. The summed E-state index contributed by atoms with van der Waals surface area (Å²) >= 11 is 0. The second-order valence-electron chi connectivity index (χ2n) is 7.67. The van der Waals surface area contributed by atoms with E-state index in [-0.39, 0.29) is 12.6 Å². The lowest BCUT2D eigenvalue weighted by molar-refractivity contribution is -0.160. The molecule has 7 heteroatoms. The van der Waals surface area contributed by atoms with Gasteiger partial charge in [0.25, 0.3) is 0 Å². The van der Waals surface area contributed by atoms with Gasteiger partial charge in [-0.15, -0.1) is 0 Å². The van der Waals surface area contributed by atoms with Crippen molar-refractivity contribution in [1.29, 1.82) is 0 Å². The molecule has 2 aliphatic rings. The van der Waals surface area contributed by atoms with E-state index in [9.17, 15) is 14.4 Å². The molecule has 1 aromatic carbocycles. The largest absolute Gasteiger partial charge is 0.457 e. The van der Waals surface area contributed by atoms with Crippen molar-refractivity contribution in [3.63, 3.8) is 0 Å². The fourth-order valence-corrected chi connectivity index (χ4v) is 3.95. The summed E-state index contributed by atoms with van der Waals surface area (Å²) in [7, 11) is 0. The normalized spacial score (nSPS) is 23.0. The highest BCUT2D eigenvalue weighted by molar-refractivity contribution is 5.82. The van der Waals surface area contributed by atoms with Crippen LogP contribution in [0.25, 0.3) is 0 Å². The molecule has 1 spiro atoms. The summed E-state index contributed by atoms with van der Waals surface area (Å²) in [6.45, 7) is 5.70. The summed E-state index contributed by atoms with van der Waals surface area (Å²) in [5.74, 6) is -0.813. The summed E-state index contributed by atoms with van der Waals surface area (Å²) < 4.78 is 16.3. The first kappa shape index (κ1) is 19.2. The molecule has 0 aromatic heterocycles. The molecule has 0 saturated carbocycles. The van der Waals surface area contributed by atoms with Gasteiger partial charge in [0.1, 0.15) is 17.6 Å². The lowest BCUT2D eigenvalue weighted by Gasteiger charge is -2.40. The highest BCUT2D eigenvalue weighted by Gasteiger charge is 2.63. The fraction of sp³-hybridized carbons (Fsp3) is 0.550. The zero-order valence-electron chi connectivity index (χ0n) is 15.9. The molecule has 1 atom stereocenters. The number of carbonyl (C=O) groups excluding carboxylic acids is 3. The molecule has 1 unspecified atom stereocenters. The van der Waals surface area contributed by atoms with Gasteiger partial charge in [0.15, 0.2) is 6.10 Å². The molecule has 1 amide bonds. The Kier molecular flexibility index (Phi) is 5.13. The quantitative estimate of drug-likeness (QED) is 0.597. The van der Waals surface area contributed by atoms with Crippen molar-refractivity contribution in [3.8, 4) is 0 Å². The molecule has 27 heavy (non-hydrogen) atoms. The van der Waals surface area contributed by atoms with Crippen LogP contribution in [0.15, 0.2) is 30.3 Å². The molecule has 146 valence electrons. The molecular weight excluding hydrogens is 350 g/mol. The van der Waals surface area contributed by atoms with E-state index in [0.717, 1.165) is 5.56 Å². The van der Waals surface area contributed by atoms with Crippen molar-refractivity contribution in [2.45, 2.75) is 51.9 Å². The third-order valence-electron chi connectivity index (χ3n) is 5.30. The minimum atomic E-state index is -0.911. The first-order chi connectivity index (χ1) is 12.7. The smallest absolute Gasteiger partial charge is 0.410 e. The fourth-order valence-electron chi connectivity index (χ4n) is 3.95.